The van der Waals surface area contributed by atoms with Crippen molar-refractivity contribution in [2.24, 2.45) is 11.8 Å². The van der Waals surface area contributed by atoms with Crippen molar-refractivity contribution in [3.63, 3.8) is 0 Å². The van der Waals surface area contributed by atoms with E-state index < -0.39 is 60.2 Å². The Labute approximate surface area is 196 Å². The predicted molar refractivity (Wildman–Crippen MR) is 116 cm³/mol. The van der Waals surface area contributed by atoms with Gasteiger partial charge in [-0.3, -0.25) is 14.4 Å². The molecule has 0 spiro atoms. The molecule has 3 heterocycles. The van der Waals surface area contributed by atoms with Gasteiger partial charge in [0, 0.05) is 24.9 Å². The molecular weight excluding hydrogens is 446 g/mol. The van der Waals surface area contributed by atoms with E-state index in [4.69, 9.17) is 0 Å². The van der Waals surface area contributed by atoms with Gasteiger partial charge in [-0.1, -0.05) is 30.3 Å². The van der Waals surface area contributed by atoms with Gasteiger partial charge < -0.3 is 20.6 Å². The molecule has 0 unspecified atom stereocenters. The van der Waals surface area contributed by atoms with Crippen LogP contribution in [0.3, 0.4) is 0 Å². The SMILES string of the molecule is N#C[C@@H](C[C@@H]1CCCNC1=O)NC(=O)[C@H]1[C@@H]2CC[C@@H](CC2(F)F)N1C(=O)[C@H](O)c1ccccc1. The predicted octanol–water partition coefficient (Wildman–Crippen LogP) is 1.66. The lowest BCUT2D eigenvalue weighted by molar-refractivity contribution is -0.198. The second kappa shape index (κ2) is 9.66. The molecule has 1 aliphatic carbocycles. The summed E-state index contributed by atoms with van der Waals surface area (Å²) in [4.78, 5) is 39.7. The third-order valence-corrected chi connectivity index (χ3v) is 7.20. The second-order valence-corrected chi connectivity index (χ2v) is 9.36. The fraction of sp³-hybridized carbons (Fsp3) is 0.583. The average molecular weight is 475 g/mol. The molecule has 4 aliphatic rings. The standard InChI is InChI=1S/C24H28F2N4O4/c25-24(26)12-17-8-9-18(24)19(30(17)23(34)20(31)14-5-2-1-3-6-14)22(33)29-16(13-27)11-15-7-4-10-28-21(15)32/h1-3,5-6,15-20,31H,4,7-12H2,(H,28,32)(H,29,33)/t15-,16+,17-,18-,19+,20+/m0/s1. The van der Waals surface area contributed by atoms with Crippen molar-refractivity contribution >= 4 is 17.7 Å². The maximum absolute atomic E-state index is 14.8. The van der Waals surface area contributed by atoms with Crippen LogP contribution in [0.15, 0.2) is 30.3 Å². The highest BCUT2D eigenvalue weighted by atomic mass is 19.3. The summed E-state index contributed by atoms with van der Waals surface area (Å²) in [7, 11) is 0. The molecule has 3 amide bonds. The minimum absolute atomic E-state index is 0.0587. The summed E-state index contributed by atoms with van der Waals surface area (Å²) in [6.07, 6.45) is -0.419. The van der Waals surface area contributed by atoms with Gasteiger partial charge in [0.15, 0.2) is 6.10 Å². The monoisotopic (exact) mass is 474 g/mol. The highest BCUT2D eigenvalue weighted by molar-refractivity contribution is 5.91. The Morgan fingerprint density at radius 1 is 1.26 bits per heavy atom. The molecule has 3 aliphatic heterocycles. The smallest absolute Gasteiger partial charge is 0.256 e. The Kier molecular flexibility index (Phi) is 6.84. The molecule has 3 saturated heterocycles. The van der Waals surface area contributed by atoms with Gasteiger partial charge in [0.25, 0.3) is 11.8 Å². The van der Waals surface area contributed by atoms with Gasteiger partial charge in [-0.15, -0.1) is 0 Å². The molecule has 8 nitrogen and oxygen atoms in total. The molecule has 34 heavy (non-hydrogen) atoms. The summed E-state index contributed by atoms with van der Waals surface area (Å²) >= 11 is 0. The average Bonchev–Trinajstić information content (AvgIpc) is 2.83. The molecular formula is C24H28F2N4O4. The summed E-state index contributed by atoms with van der Waals surface area (Å²) < 4.78 is 29.6. The van der Waals surface area contributed by atoms with Crippen LogP contribution in [-0.2, 0) is 14.4 Å². The molecule has 1 saturated carbocycles. The Morgan fingerprint density at radius 2 is 2.00 bits per heavy atom. The summed E-state index contributed by atoms with van der Waals surface area (Å²) in [5.41, 5.74) is 0.304. The van der Waals surface area contributed by atoms with E-state index in [2.05, 4.69) is 10.6 Å². The van der Waals surface area contributed by atoms with E-state index in [-0.39, 0.29) is 18.7 Å². The summed E-state index contributed by atoms with van der Waals surface area (Å²) in [5, 5.41) is 25.5. The van der Waals surface area contributed by atoms with Crippen molar-refractivity contribution in [3.05, 3.63) is 35.9 Å². The first kappa shape index (κ1) is 24.1. The number of hydrogen-bond acceptors (Lipinski definition) is 5. The van der Waals surface area contributed by atoms with Crippen molar-refractivity contribution in [2.75, 3.05) is 6.54 Å². The van der Waals surface area contributed by atoms with Gasteiger partial charge in [0.1, 0.15) is 12.1 Å². The number of halogens is 2. The lowest BCUT2D eigenvalue weighted by atomic mass is 9.71. The van der Waals surface area contributed by atoms with E-state index in [0.29, 0.717) is 24.9 Å². The fourth-order valence-corrected chi connectivity index (χ4v) is 5.49. The molecule has 2 bridgehead atoms. The topological polar surface area (TPSA) is 123 Å². The van der Waals surface area contributed by atoms with Crippen molar-refractivity contribution in [1.82, 2.24) is 15.5 Å². The highest BCUT2D eigenvalue weighted by Crippen LogP contribution is 2.49. The van der Waals surface area contributed by atoms with Crippen LogP contribution in [0.5, 0.6) is 0 Å². The molecule has 1 aromatic carbocycles. The van der Waals surface area contributed by atoms with E-state index in [1.165, 1.54) is 0 Å². The fourth-order valence-electron chi connectivity index (χ4n) is 5.49. The lowest BCUT2D eigenvalue weighted by Crippen LogP contribution is -2.69. The van der Waals surface area contributed by atoms with Crippen LogP contribution >= 0.6 is 0 Å². The molecule has 182 valence electrons. The van der Waals surface area contributed by atoms with Crippen LogP contribution < -0.4 is 10.6 Å². The number of benzene rings is 1. The van der Waals surface area contributed by atoms with Gasteiger partial charge >= 0.3 is 0 Å². The summed E-state index contributed by atoms with van der Waals surface area (Å²) in [5.74, 6) is -6.89. The van der Waals surface area contributed by atoms with E-state index in [1.54, 1.807) is 30.3 Å². The maximum atomic E-state index is 14.8. The summed E-state index contributed by atoms with van der Waals surface area (Å²) in [6.45, 7) is 0.556. The van der Waals surface area contributed by atoms with Crippen LogP contribution in [-0.4, -0.2) is 58.3 Å². The van der Waals surface area contributed by atoms with Crippen LogP contribution in [0.25, 0.3) is 0 Å². The van der Waals surface area contributed by atoms with Crippen LogP contribution in [0, 0.1) is 23.2 Å². The molecule has 5 rings (SSSR count). The van der Waals surface area contributed by atoms with Crippen LogP contribution in [0.4, 0.5) is 8.78 Å². The van der Waals surface area contributed by atoms with Gasteiger partial charge in [-0.2, -0.15) is 5.26 Å². The van der Waals surface area contributed by atoms with Gasteiger partial charge in [-0.25, -0.2) is 8.78 Å². The number of fused-ring (bicyclic) bond motifs is 3. The number of carbonyl (C=O) groups excluding carboxylic acids is 3. The number of aliphatic hydroxyl groups excluding tert-OH is 1. The number of nitrogens with one attached hydrogen (secondary N) is 2. The van der Waals surface area contributed by atoms with Crippen molar-refractivity contribution < 1.29 is 28.3 Å². The number of piperidine rings is 3. The van der Waals surface area contributed by atoms with Crippen LogP contribution in [0.1, 0.15) is 50.2 Å². The Morgan fingerprint density at radius 3 is 2.65 bits per heavy atom. The Balaban J connectivity index is 1.56. The van der Waals surface area contributed by atoms with Crippen LogP contribution in [0.2, 0.25) is 0 Å². The first-order chi connectivity index (χ1) is 16.2. The van der Waals surface area contributed by atoms with E-state index in [9.17, 15) is 33.5 Å². The number of hydrogen-bond donors (Lipinski definition) is 3. The number of nitrogens with zero attached hydrogens (tertiary/aromatic N) is 2. The minimum atomic E-state index is -3.15. The summed E-state index contributed by atoms with van der Waals surface area (Å²) in [6, 6.07) is 6.58. The quantitative estimate of drug-likeness (QED) is 0.579. The molecule has 10 heteroatoms. The number of nitriles is 1. The van der Waals surface area contributed by atoms with Crippen molar-refractivity contribution in [2.45, 2.75) is 68.7 Å². The zero-order valence-electron chi connectivity index (χ0n) is 18.6. The molecule has 1 aromatic rings. The van der Waals surface area contributed by atoms with Gasteiger partial charge in [0.05, 0.1) is 12.0 Å². The third kappa shape index (κ3) is 4.62. The normalized spacial score (nSPS) is 29.5. The third-order valence-electron chi connectivity index (χ3n) is 7.20. The molecule has 3 N–H and O–H groups in total. The van der Waals surface area contributed by atoms with Crippen molar-refractivity contribution in [1.29, 1.82) is 5.26 Å². The largest absolute Gasteiger partial charge is 0.378 e. The number of aliphatic hydroxyl groups is 1. The molecule has 0 aromatic heterocycles. The van der Waals surface area contributed by atoms with E-state index in [0.717, 1.165) is 11.3 Å². The lowest BCUT2D eigenvalue weighted by Gasteiger charge is -2.54. The Bertz CT molecular complexity index is 983. The second-order valence-electron chi connectivity index (χ2n) is 9.36. The Hall–Kier alpha value is -3.06. The molecule has 0 radical (unpaired) electrons. The zero-order valence-corrected chi connectivity index (χ0v) is 18.6. The number of rotatable bonds is 6. The minimum Gasteiger partial charge on any atom is -0.378 e. The first-order valence-corrected chi connectivity index (χ1v) is 11.6. The van der Waals surface area contributed by atoms with Gasteiger partial charge in [0.2, 0.25) is 11.8 Å². The highest BCUT2D eigenvalue weighted by Gasteiger charge is 2.61. The maximum Gasteiger partial charge on any atom is 0.256 e. The molecule has 6 atom stereocenters. The first-order valence-electron chi connectivity index (χ1n) is 11.6. The van der Waals surface area contributed by atoms with E-state index >= 15 is 0 Å². The van der Waals surface area contributed by atoms with Crippen molar-refractivity contribution in [3.8, 4) is 6.07 Å². The number of amides is 3. The number of carbonyl (C=O) groups is 3. The molecule has 4 fully saturated rings. The zero-order chi connectivity index (χ0) is 24.5. The van der Waals surface area contributed by atoms with E-state index in [1.807, 2.05) is 6.07 Å². The number of alkyl halides is 2. The van der Waals surface area contributed by atoms with Gasteiger partial charge in [-0.05, 0) is 37.7 Å².